The van der Waals surface area contributed by atoms with Crippen molar-refractivity contribution in [3.63, 3.8) is 0 Å². The average Bonchev–Trinajstić information content (AvgIpc) is 2.55. The fourth-order valence-corrected chi connectivity index (χ4v) is 3.24. The molecule has 0 aliphatic carbocycles. The number of hydrogen-bond donors (Lipinski definition) is 1. The number of nitrogens with zero attached hydrogens (tertiary/aromatic N) is 1. The highest BCUT2D eigenvalue weighted by Gasteiger charge is 2.29. The van der Waals surface area contributed by atoms with Crippen LogP contribution >= 0.6 is 11.6 Å². The number of alkyl halides is 3. The lowest BCUT2D eigenvalue weighted by Gasteiger charge is -2.17. The normalized spacial score (nSPS) is 12.2. The fourth-order valence-electron chi connectivity index (χ4n) is 2.43. The summed E-state index contributed by atoms with van der Waals surface area (Å²) in [4.78, 5) is 13.8. The van der Waals surface area contributed by atoms with Gasteiger partial charge in [0.05, 0.1) is 27.7 Å². The largest absolute Gasteiger partial charge is 0.416 e. The van der Waals surface area contributed by atoms with Crippen LogP contribution in [0.25, 0.3) is 0 Å². The van der Waals surface area contributed by atoms with Gasteiger partial charge in [-0.05, 0) is 42.9 Å². The van der Waals surface area contributed by atoms with Gasteiger partial charge in [-0.25, -0.2) is 8.42 Å². The molecule has 28 heavy (non-hydrogen) atoms. The molecule has 2 aromatic rings. The first-order valence-corrected chi connectivity index (χ1v) is 10.3. The van der Waals surface area contributed by atoms with Crippen molar-refractivity contribution in [3.8, 4) is 0 Å². The van der Waals surface area contributed by atoms with Crippen LogP contribution in [0.5, 0.6) is 0 Å². The number of sulfone groups is 1. The maximum Gasteiger partial charge on any atom is 0.416 e. The quantitative estimate of drug-likeness (QED) is 0.750. The first-order valence-electron chi connectivity index (χ1n) is 8.00. The van der Waals surface area contributed by atoms with Crippen LogP contribution in [0.15, 0.2) is 47.4 Å². The highest BCUT2D eigenvalue weighted by molar-refractivity contribution is 7.90. The molecule has 152 valence electrons. The maximum absolute atomic E-state index is 12.6. The zero-order valence-corrected chi connectivity index (χ0v) is 16.6. The van der Waals surface area contributed by atoms with Gasteiger partial charge in [0.2, 0.25) is 5.91 Å². The van der Waals surface area contributed by atoms with E-state index in [2.05, 4.69) is 5.32 Å². The second kappa shape index (κ2) is 8.50. The van der Waals surface area contributed by atoms with E-state index in [1.54, 1.807) is 11.9 Å². The van der Waals surface area contributed by atoms with Crippen molar-refractivity contribution in [1.29, 1.82) is 0 Å². The van der Waals surface area contributed by atoms with Crippen LogP contribution in [-0.4, -0.2) is 39.1 Å². The number of rotatable bonds is 6. The van der Waals surface area contributed by atoms with Gasteiger partial charge < -0.3 is 5.32 Å². The Balaban J connectivity index is 2.00. The fraction of sp³-hybridized carbons (Fsp3) is 0.278. The molecule has 2 aromatic carbocycles. The Morgan fingerprint density at radius 3 is 2.29 bits per heavy atom. The molecule has 10 heteroatoms. The molecular weight excluding hydrogens is 417 g/mol. The summed E-state index contributed by atoms with van der Waals surface area (Å²) in [6, 6.07) is 8.65. The lowest BCUT2D eigenvalue weighted by Crippen LogP contribution is -2.30. The van der Waals surface area contributed by atoms with E-state index in [-0.39, 0.29) is 28.7 Å². The van der Waals surface area contributed by atoms with E-state index < -0.39 is 27.5 Å². The van der Waals surface area contributed by atoms with Crippen molar-refractivity contribution < 1.29 is 26.4 Å². The van der Waals surface area contributed by atoms with E-state index in [1.165, 1.54) is 30.3 Å². The Kier molecular flexibility index (Phi) is 6.74. The predicted octanol–water partition coefficient (Wildman–Crippen LogP) is 3.83. The van der Waals surface area contributed by atoms with Crippen LogP contribution in [0, 0.1) is 0 Å². The molecule has 0 aliphatic rings. The third-order valence-corrected chi connectivity index (χ3v) is 5.23. The van der Waals surface area contributed by atoms with E-state index in [0.29, 0.717) is 5.56 Å². The monoisotopic (exact) mass is 434 g/mol. The molecule has 0 fully saturated rings. The molecule has 2 rings (SSSR count). The number of hydrogen-bond acceptors (Lipinski definition) is 4. The highest BCUT2D eigenvalue weighted by Crippen LogP contribution is 2.29. The Bertz CT molecular complexity index is 961. The summed E-state index contributed by atoms with van der Waals surface area (Å²) in [7, 11) is -1.83. The number of carbonyl (C=O) groups is 1. The summed E-state index contributed by atoms with van der Waals surface area (Å²) >= 11 is 5.99. The zero-order valence-electron chi connectivity index (χ0n) is 15.0. The number of carbonyl (C=O) groups excluding carboxylic acids is 1. The summed E-state index contributed by atoms with van der Waals surface area (Å²) in [6.45, 7) is 0.184. The van der Waals surface area contributed by atoms with Gasteiger partial charge in [0, 0.05) is 12.8 Å². The Labute approximate surface area is 166 Å². The van der Waals surface area contributed by atoms with Crippen molar-refractivity contribution in [2.75, 3.05) is 25.2 Å². The van der Waals surface area contributed by atoms with Crippen LogP contribution in [0.4, 0.5) is 18.9 Å². The molecule has 0 spiro atoms. The van der Waals surface area contributed by atoms with E-state index >= 15 is 0 Å². The van der Waals surface area contributed by atoms with Gasteiger partial charge in [-0.2, -0.15) is 13.2 Å². The van der Waals surface area contributed by atoms with Gasteiger partial charge in [-0.3, -0.25) is 9.69 Å². The minimum Gasteiger partial charge on any atom is -0.324 e. The molecule has 0 heterocycles. The van der Waals surface area contributed by atoms with Gasteiger partial charge in [0.25, 0.3) is 0 Å². The van der Waals surface area contributed by atoms with E-state index in [0.717, 1.165) is 18.4 Å². The number of amides is 1. The molecule has 0 radical (unpaired) electrons. The molecular formula is C18H18ClF3N2O3S. The second-order valence-corrected chi connectivity index (χ2v) is 8.75. The van der Waals surface area contributed by atoms with Crippen LogP contribution in [-0.2, 0) is 27.4 Å². The summed E-state index contributed by atoms with van der Waals surface area (Å²) in [5, 5.41) is 2.73. The first kappa shape index (κ1) is 22.2. The molecule has 0 atom stereocenters. The lowest BCUT2D eigenvalue weighted by molar-refractivity contribution is -0.137. The zero-order chi connectivity index (χ0) is 21.1. The average molecular weight is 435 g/mol. The lowest BCUT2D eigenvalue weighted by atomic mass is 10.1. The molecule has 0 unspecified atom stereocenters. The maximum atomic E-state index is 12.6. The minimum atomic E-state index is -4.40. The Hall–Kier alpha value is -2.10. The third-order valence-electron chi connectivity index (χ3n) is 3.79. The van der Waals surface area contributed by atoms with Crippen LogP contribution in [0.2, 0.25) is 5.02 Å². The molecule has 0 bridgehead atoms. The molecule has 0 saturated heterocycles. The predicted molar refractivity (Wildman–Crippen MR) is 101 cm³/mol. The molecule has 0 aliphatic heterocycles. The summed E-state index contributed by atoms with van der Waals surface area (Å²) in [5.74, 6) is -0.443. The standard InChI is InChI=1S/C18H18ClF3N2O3S/c1-24(10-12-3-5-13(6-4-12)18(20,21)22)11-17(25)23-16-9-14(28(2,26)27)7-8-15(16)19/h3-9H,10-11H2,1-2H3,(H,23,25). The smallest absolute Gasteiger partial charge is 0.324 e. The van der Waals surface area contributed by atoms with Crippen LogP contribution in [0.3, 0.4) is 0 Å². The Morgan fingerprint density at radius 1 is 1.14 bits per heavy atom. The summed E-state index contributed by atoms with van der Waals surface area (Å²) in [5.41, 5.74) is 0.0370. The SMILES string of the molecule is CN(CC(=O)Nc1cc(S(C)(=O)=O)ccc1Cl)Cc1ccc(C(F)(F)F)cc1. The molecule has 0 saturated carbocycles. The van der Waals surface area contributed by atoms with Crippen molar-refractivity contribution >= 4 is 33.0 Å². The molecule has 1 amide bonds. The topological polar surface area (TPSA) is 66.5 Å². The Morgan fingerprint density at radius 2 is 1.75 bits per heavy atom. The molecule has 5 nitrogen and oxygen atoms in total. The van der Waals surface area contributed by atoms with E-state index in [1.807, 2.05) is 0 Å². The number of nitrogens with one attached hydrogen (secondary N) is 1. The van der Waals surface area contributed by atoms with Gasteiger partial charge in [0.15, 0.2) is 9.84 Å². The van der Waals surface area contributed by atoms with Gasteiger partial charge in [-0.15, -0.1) is 0 Å². The van der Waals surface area contributed by atoms with Crippen LogP contribution < -0.4 is 5.32 Å². The van der Waals surface area contributed by atoms with Crippen molar-refractivity contribution in [2.45, 2.75) is 17.6 Å². The van der Waals surface area contributed by atoms with Crippen molar-refractivity contribution in [1.82, 2.24) is 4.90 Å². The molecule has 1 N–H and O–H groups in total. The number of halogens is 4. The highest BCUT2D eigenvalue weighted by atomic mass is 35.5. The number of benzene rings is 2. The third kappa shape index (κ3) is 6.22. The van der Waals surface area contributed by atoms with Gasteiger partial charge in [0.1, 0.15) is 0 Å². The van der Waals surface area contributed by atoms with E-state index in [4.69, 9.17) is 11.6 Å². The second-order valence-electron chi connectivity index (χ2n) is 6.33. The summed E-state index contributed by atoms with van der Waals surface area (Å²) in [6.07, 6.45) is -3.36. The van der Waals surface area contributed by atoms with Crippen molar-refractivity contribution in [3.05, 3.63) is 58.6 Å². The van der Waals surface area contributed by atoms with E-state index in [9.17, 15) is 26.4 Å². The van der Waals surface area contributed by atoms with Gasteiger partial charge >= 0.3 is 6.18 Å². The van der Waals surface area contributed by atoms with Gasteiger partial charge in [-0.1, -0.05) is 23.7 Å². The molecule has 0 aromatic heterocycles. The van der Waals surface area contributed by atoms with Crippen molar-refractivity contribution in [2.24, 2.45) is 0 Å². The minimum absolute atomic E-state index is 0.0188. The number of likely N-dealkylation sites (N-methyl/N-ethyl adjacent to an activating group) is 1. The number of anilines is 1. The first-order chi connectivity index (χ1) is 12.9. The van der Waals surface area contributed by atoms with Crippen LogP contribution in [0.1, 0.15) is 11.1 Å². The summed E-state index contributed by atoms with van der Waals surface area (Å²) < 4.78 is 61.0.